The molecule has 0 aliphatic rings. The maximum atomic E-state index is 8.56. The zero-order chi connectivity index (χ0) is 9.10. The molecule has 0 amide bonds. The number of rotatable bonds is 3. The van der Waals surface area contributed by atoms with Crippen molar-refractivity contribution in [2.24, 2.45) is 0 Å². The summed E-state index contributed by atoms with van der Waals surface area (Å²) >= 11 is 0. The van der Waals surface area contributed by atoms with Gasteiger partial charge in [-0.3, -0.25) is 0 Å². The topological polar surface area (TPSA) is 75.3 Å². The molecule has 2 heterocycles. The third kappa shape index (κ3) is 1.57. The maximum Gasteiger partial charge on any atom is 0.253 e. The molecule has 0 aliphatic carbocycles. The Balaban J connectivity index is 2.28. The van der Waals surface area contributed by atoms with Crippen molar-refractivity contribution in [3.63, 3.8) is 0 Å². The first-order chi connectivity index (χ1) is 6.40. The Morgan fingerprint density at radius 2 is 2.46 bits per heavy atom. The Morgan fingerprint density at radius 3 is 3.23 bits per heavy atom. The molecule has 0 unspecified atom stereocenters. The molecule has 0 saturated heterocycles. The first-order valence-electron chi connectivity index (χ1n) is 3.92. The Labute approximate surface area is 74.3 Å². The average molecular weight is 179 g/mol. The van der Waals surface area contributed by atoms with E-state index in [2.05, 4.69) is 20.4 Å². The van der Waals surface area contributed by atoms with Gasteiger partial charge in [-0.25, -0.2) is 9.50 Å². The monoisotopic (exact) mass is 179 g/mol. The number of aliphatic hydroxyl groups excluding tert-OH is 1. The van der Waals surface area contributed by atoms with Gasteiger partial charge in [-0.2, -0.15) is 4.98 Å². The van der Waals surface area contributed by atoms with E-state index in [-0.39, 0.29) is 6.61 Å². The van der Waals surface area contributed by atoms with Crippen LogP contribution < -0.4 is 5.32 Å². The van der Waals surface area contributed by atoms with E-state index in [1.54, 1.807) is 23.0 Å². The van der Waals surface area contributed by atoms with Crippen molar-refractivity contribution >= 4 is 11.7 Å². The summed E-state index contributed by atoms with van der Waals surface area (Å²) in [6.45, 7) is 0.500. The summed E-state index contributed by atoms with van der Waals surface area (Å²) in [6.07, 6.45) is 3.42. The quantitative estimate of drug-likeness (QED) is 0.666. The van der Waals surface area contributed by atoms with Gasteiger partial charge in [0.1, 0.15) is 0 Å². The fourth-order valence-electron chi connectivity index (χ4n) is 0.975. The zero-order valence-corrected chi connectivity index (χ0v) is 6.88. The van der Waals surface area contributed by atoms with E-state index in [4.69, 9.17) is 5.11 Å². The number of anilines is 1. The zero-order valence-electron chi connectivity index (χ0n) is 6.88. The van der Waals surface area contributed by atoms with Crippen LogP contribution in [-0.2, 0) is 0 Å². The molecular weight excluding hydrogens is 170 g/mol. The lowest BCUT2D eigenvalue weighted by atomic mass is 10.7. The normalized spacial score (nSPS) is 10.5. The van der Waals surface area contributed by atoms with Gasteiger partial charge in [0.05, 0.1) is 6.61 Å². The molecule has 2 aromatic heterocycles. The highest BCUT2D eigenvalue weighted by molar-refractivity contribution is 5.35. The minimum absolute atomic E-state index is 0.0585. The molecule has 0 saturated carbocycles. The highest BCUT2D eigenvalue weighted by Crippen LogP contribution is 2.00. The van der Waals surface area contributed by atoms with E-state index in [1.165, 1.54) is 0 Å². The lowest BCUT2D eigenvalue weighted by molar-refractivity contribution is 0.311. The number of nitrogens with one attached hydrogen (secondary N) is 1. The lowest BCUT2D eigenvalue weighted by Crippen LogP contribution is -2.06. The van der Waals surface area contributed by atoms with Gasteiger partial charge >= 0.3 is 0 Å². The number of fused-ring (bicyclic) bond motifs is 1. The fraction of sp³-hybridized carbons (Fsp3) is 0.286. The second kappa shape index (κ2) is 3.36. The molecule has 6 nitrogen and oxygen atoms in total. The fourth-order valence-corrected chi connectivity index (χ4v) is 0.975. The molecule has 0 bridgehead atoms. The van der Waals surface area contributed by atoms with Crippen molar-refractivity contribution < 1.29 is 5.11 Å². The second-order valence-electron chi connectivity index (χ2n) is 2.45. The maximum absolute atomic E-state index is 8.56. The summed E-state index contributed by atoms with van der Waals surface area (Å²) in [6, 6.07) is 1.78. The van der Waals surface area contributed by atoms with Crippen molar-refractivity contribution in [2.75, 3.05) is 18.5 Å². The van der Waals surface area contributed by atoms with Crippen LogP contribution in [0.4, 0.5) is 5.95 Å². The molecule has 0 fully saturated rings. The molecule has 6 heteroatoms. The van der Waals surface area contributed by atoms with Crippen molar-refractivity contribution in [3.8, 4) is 0 Å². The predicted octanol–water partition coefficient (Wildman–Crippen LogP) is -0.472. The third-order valence-electron chi connectivity index (χ3n) is 1.51. The molecule has 0 aliphatic heterocycles. The van der Waals surface area contributed by atoms with Gasteiger partial charge in [0.25, 0.3) is 5.78 Å². The van der Waals surface area contributed by atoms with Crippen molar-refractivity contribution in [1.29, 1.82) is 0 Å². The molecular formula is C7H9N5O. The molecule has 0 atom stereocenters. The molecule has 68 valence electrons. The van der Waals surface area contributed by atoms with E-state index in [1.807, 2.05) is 0 Å². The van der Waals surface area contributed by atoms with Gasteiger partial charge in [-0.05, 0) is 6.07 Å². The van der Waals surface area contributed by atoms with Crippen LogP contribution in [0.2, 0.25) is 0 Å². The summed E-state index contributed by atoms with van der Waals surface area (Å²) in [7, 11) is 0. The van der Waals surface area contributed by atoms with E-state index in [0.29, 0.717) is 18.3 Å². The molecule has 2 aromatic rings. The number of hydrogen-bond donors (Lipinski definition) is 2. The smallest absolute Gasteiger partial charge is 0.253 e. The molecule has 2 rings (SSSR count). The van der Waals surface area contributed by atoms with Crippen LogP contribution in [-0.4, -0.2) is 37.8 Å². The summed E-state index contributed by atoms with van der Waals surface area (Å²) in [4.78, 5) is 8.07. The summed E-state index contributed by atoms with van der Waals surface area (Å²) < 4.78 is 1.57. The van der Waals surface area contributed by atoms with Crippen LogP contribution in [0.5, 0.6) is 0 Å². The van der Waals surface area contributed by atoms with Gasteiger partial charge in [-0.15, -0.1) is 5.10 Å². The SMILES string of the molecule is OCCNc1nc2ncccn2n1. The van der Waals surface area contributed by atoms with Crippen LogP contribution in [0.1, 0.15) is 0 Å². The van der Waals surface area contributed by atoms with E-state index in [0.717, 1.165) is 0 Å². The summed E-state index contributed by atoms with van der Waals surface area (Å²) in [5, 5.41) is 15.5. The molecule has 2 N–H and O–H groups in total. The minimum Gasteiger partial charge on any atom is -0.395 e. The number of aliphatic hydroxyl groups is 1. The van der Waals surface area contributed by atoms with Gasteiger partial charge in [-0.1, -0.05) is 0 Å². The van der Waals surface area contributed by atoms with Crippen molar-refractivity contribution in [3.05, 3.63) is 18.5 Å². The van der Waals surface area contributed by atoms with E-state index >= 15 is 0 Å². The van der Waals surface area contributed by atoms with Gasteiger partial charge in [0, 0.05) is 18.9 Å². The predicted molar refractivity (Wildman–Crippen MR) is 46.4 cm³/mol. The first-order valence-corrected chi connectivity index (χ1v) is 3.92. The Kier molecular flexibility index (Phi) is 2.05. The van der Waals surface area contributed by atoms with Gasteiger partial charge < -0.3 is 10.4 Å². The van der Waals surface area contributed by atoms with Crippen LogP contribution in [0.25, 0.3) is 5.78 Å². The molecule has 13 heavy (non-hydrogen) atoms. The molecule has 0 aromatic carbocycles. The number of hydrogen-bond acceptors (Lipinski definition) is 5. The minimum atomic E-state index is 0.0585. The summed E-state index contributed by atoms with van der Waals surface area (Å²) in [5.41, 5.74) is 0. The van der Waals surface area contributed by atoms with Gasteiger partial charge in [0.2, 0.25) is 5.95 Å². The van der Waals surface area contributed by atoms with Crippen LogP contribution in [0, 0.1) is 0 Å². The summed E-state index contributed by atoms with van der Waals surface area (Å²) in [5.74, 6) is 1.02. The standard InChI is InChI=1S/C7H9N5O/c13-5-3-8-6-10-7-9-2-1-4-12(7)11-6/h1-2,4,13H,3,5H2,(H,8,11). The van der Waals surface area contributed by atoms with Crippen LogP contribution in [0.15, 0.2) is 18.5 Å². The van der Waals surface area contributed by atoms with Crippen molar-refractivity contribution in [1.82, 2.24) is 19.6 Å². The number of nitrogens with zero attached hydrogens (tertiary/aromatic N) is 4. The Bertz CT molecular complexity index is 365. The second-order valence-corrected chi connectivity index (χ2v) is 2.45. The number of aromatic nitrogens is 4. The largest absolute Gasteiger partial charge is 0.395 e. The molecule has 0 radical (unpaired) electrons. The highest BCUT2D eigenvalue weighted by Gasteiger charge is 2.00. The van der Waals surface area contributed by atoms with Crippen molar-refractivity contribution in [2.45, 2.75) is 0 Å². The molecule has 0 spiro atoms. The Morgan fingerprint density at radius 1 is 1.54 bits per heavy atom. The highest BCUT2D eigenvalue weighted by atomic mass is 16.3. The Hall–Kier alpha value is -1.69. The average Bonchev–Trinajstić information content (AvgIpc) is 2.57. The van der Waals surface area contributed by atoms with E-state index < -0.39 is 0 Å². The van der Waals surface area contributed by atoms with Gasteiger partial charge in [0.15, 0.2) is 0 Å². The lowest BCUT2D eigenvalue weighted by Gasteiger charge is -1.94. The van der Waals surface area contributed by atoms with Crippen LogP contribution >= 0.6 is 0 Å². The van der Waals surface area contributed by atoms with Crippen LogP contribution in [0.3, 0.4) is 0 Å². The third-order valence-corrected chi connectivity index (χ3v) is 1.51. The first kappa shape index (κ1) is 7.93. The van der Waals surface area contributed by atoms with E-state index in [9.17, 15) is 0 Å².